The minimum absolute atomic E-state index is 0.398. The van der Waals surface area contributed by atoms with Crippen LogP contribution in [0.4, 0.5) is 0 Å². The zero-order valence-corrected chi connectivity index (χ0v) is 9.02. The van der Waals surface area contributed by atoms with Crippen molar-refractivity contribution < 1.29 is 4.42 Å². The summed E-state index contributed by atoms with van der Waals surface area (Å²) in [4.78, 5) is 4.24. The van der Waals surface area contributed by atoms with Gasteiger partial charge in [-0.25, -0.2) is 4.98 Å². The van der Waals surface area contributed by atoms with Crippen LogP contribution in [-0.2, 0) is 12.8 Å². The van der Waals surface area contributed by atoms with Gasteiger partial charge in [-0.05, 0) is 17.5 Å². The number of nitrogens with two attached hydrogens (primary N) is 1. The largest absolute Gasteiger partial charge is 0.445 e. The lowest BCUT2D eigenvalue weighted by molar-refractivity contribution is 0.427. The van der Waals surface area contributed by atoms with Crippen LogP contribution in [0.1, 0.15) is 28.7 Å². The monoisotopic (exact) mass is 214 g/mol. The molecule has 0 bridgehead atoms. The van der Waals surface area contributed by atoms with Gasteiger partial charge in [-0.2, -0.15) is 0 Å². The average Bonchev–Trinajstić information content (AvgIpc) is 2.69. The summed E-state index contributed by atoms with van der Waals surface area (Å²) in [5.74, 6) is 2.12. The smallest absolute Gasteiger partial charge is 0.195 e. The molecule has 2 aromatic rings. The Morgan fingerprint density at radius 2 is 2.25 bits per heavy atom. The molecule has 1 aliphatic carbocycles. The molecule has 1 atom stereocenters. The summed E-state index contributed by atoms with van der Waals surface area (Å²) in [6.45, 7) is 0.585. The van der Waals surface area contributed by atoms with Crippen molar-refractivity contribution in [1.29, 1.82) is 0 Å². The molecule has 2 N–H and O–H groups in total. The summed E-state index contributed by atoms with van der Waals surface area (Å²) in [6, 6.07) is 8.48. The average molecular weight is 214 g/mol. The van der Waals surface area contributed by atoms with Crippen molar-refractivity contribution in [3.63, 3.8) is 0 Å². The highest BCUT2D eigenvalue weighted by molar-refractivity contribution is 5.44. The van der Waals surface area contributed by atoms with Gasteiger partial charge < -0.3 is 10.2 Å². The third-order valence-corrected chi connectivity index (χ3v) is 3.13. The van der Waals surface area contributed by atoms with Crippen molar-refractivity contribution in [1.82, 2.24) is 4.98 Å². The minimum Gasteiger partial charge on any atom is -0.445 e. The second-order valence-corrected chi connectivity index (χ2v) is 4.15. The molecule has 1 aromatic heterocycles. The Kier molecular flexibility index (Phi) is 2.26. The lowest BCUT2D eigenvalue weighted by Crippen LogP contribution is -2.17. The van der Waals surface area contributed by atoms with E-state index in [1.165, 1.54) is 11.1 Å². The summed E-state index contributed by atoms with van der Waals surface area (Å²) < 4.78 is 5.69. The summed E-state index contributed by atoms with van der Waals surface area (Å²) in [5, 5.41) is 0. The Morgan fingerprint density at radius 3 is 3.06 bits per heavy atom. The van der Waals surface area contributed by atoms with Crippen LogP contribution < -0.4 is 5.73 Å². The highest BCUT2D eigenvalue weighted by Gasteiger charge is 2.29. The summed E-state index contributed by atoms with van der Waals surface area (Å²) in [7, 11) is 0. The summed E-state index contributed by atoms with van der Waals surface area (Å²) in [6.07, 6.45) is 3.62. The molecule has 0 saturated carbocycles. The first-order valence-electron chi connectivity index (χ1n) is 5.61. The second-order valence-electron chi connectivity index (χ2n) is 4.15. The summed E-state index contributed by atoms with van der Waals surface area (Å²) >= 11 is 0. The molecule has 1 aromatic carbocycles. The van der Waals surface area contributed by atoms with Gasteiger partial charge >= 0.3 is 0 Å². The molecule has 0 saturated heterocycles. The van der Waals surface area contributed by atoms with E-state index in [0.717, 1.165) is 18.1 Å². The van der Waals surface area contributed by atoms with E-state index in [1.807, 2.05) is 6.20 Å². The lowest BCUT2D eigenvalue weighted by atomic mass is 9.76. The van der Waals surface area contributed by atoms with Gasteiger partial charge in [0.15, 0.2) is 5.89 Å². The Hall–Kier alpha value is -1.61. The maximum atomic E-state index is 5.69. The Bertz CT molecular complexity index is 504. The SMILES string of the molecule is NCCc1ncc(C2Cc3ccccc32)o1. The standard InChI is InChI=1S/C13H14N2O/c14-6-5-13-15-8-12(16-13)11-7-9-3-1-2-4-10(9)11/h1-4,8,11H,5-7,14H2. The fourth-order valence-corrected chi connectivity index (χ4v) is 2.24. The van der Waals surface area contributed by atoms with Gasteiger partial charge in [0.2, 0.25) is 0 Å². The van der Waals surface area contributed by atoms with Crippen molar-refractivity contribution in [2.24, 2.45) is 5.73 Å². The predicted octanol–water partition coefficient (Wildman–Crippen LogP) is 1.86. The molecule has 0 aliphatic heterocycles. The van der Waals surface area contributed by atoms with E-state index in [4.69, 9.17) is 10.2 Å². The third kappa shape index (κ3) is 1.44. The molecule has 0 fully saturated rings. The van der Waals surface area contributed by atoms with Crippen LogP contribution >= 0.6 is 0 Å². The maximum absolute atomic E-state index is 5.69. The van der Waals surface area contributed by atoms with E-state index in [9.17, 15) is 0 Å². The van der Waals surface area contributed by atoms with Crippen LogP contribution in [0.5, 0.6) is 0 Å². The number of oxazole rings is 1. The van der Waals surface area contributed by atoms with Gasteiger partial charge in [-0.1, -0.05) is 24.3 Å². The number of hydrogen-bond acceptors (Lipinski definition) is 3. The number of hydrogen-bond donors (Lipinski definition) is 1. The third-order valence-electron chi connectivity index (χ3n) is 3.13. The van der Waals surface area contributed by atoms with Gasteiger partial charge in [0.1, 0.15) is 5.76 Å². The molecular weight excluding hydrogens is 200 g/mol. The van der Waals surface area contributed by atoms with E-state index in [1.54, 1.807) is 0 Å². The second kappa shape index (κ2) is 3.76. The van der Waals surface area contributed by atoms with Crippen LogP contribution in [-0.4, -0.2) is 11.5 Å². The Balaban J connectivity index is 1.85. The molecular formula is C13H14N2O. The van der Waals surface area contributed by atoms with E-state index in [2.05, 4.69) is 29.2 Å². The number of fused-ring (bicyclic) bond motifs is 1. The fraction of sp³-hybridized carbons (Fsp3) is 0.308. The van der Waals surface area contributed by atoms with E-state index >= 15 is 0 Å². The predicted molar refractivity (Wildman–Crippen MR) is 61.3 cm³/mol. The van der Waals surface area contributed by atoms with Crippen LogP contribution in [0.25, 0.3) is 0 Å². The first-order chi connectivity index (χ1) is 7.88. The van der Waals surface area contributed by atoms with Crippen LogP contribution in [0.15, 0.2) is 34.9 Å². The van der Waals surface area contributed by atoms with E-state index < -0.39 is 0 Å². The number of aromatic nitrogens is 1. The lowest BCUT2D eigenvalue weighted by Gasteiger charge is -2.27. The van der Waals surface area contributed by atoms with Crippen molar-refractivity contribution in [3.8, 4) is 0 Å². The molecule has 1 aliphatic rings. The van der Waals surface area contributed by atoms with Gasteiger partial charge in [0.05, 0.1) is 6.20 Å². The fourth-order valence-electron chi connectivity index (χ4n) is 2.24. The number of rotatable bonds is 3. The van der Waals surface area contributed by atoms with E-state index in [-0.39, 0.29) is 0 Å². The van der Waals surface area contributed by atoms with Crippen LogP contribution in [0, 0.1) is 0 Å². The first kappa shape index (κ1) is 9.60. The topological polar surface area (TPSA) is 52.0 Å². The minimum atomic E-state index is 0.398. The molecule has 16 heavy (non-hydrogen) atoms. The normalized spacial score (nSPS) is 17.9. The van der Waals surface area contributed by atoms with Crippen LogP contribution in [0.3, 0.4) is 0 Å². The number of benzene rings is 1. The molecule has 3 rings (SSSR count). The van der Waals surface area contributed by atoms with Gasteiger partial charge in [0.25, 0.3) is 0 Å². The maximum Gasteiger partial charge on any atom is 0.195 e. The Morgan fingerprint density at radius 1 is 1.38 bits per heavy atom. The number of nitrogens with zero attached hydrogens (tertiary/aromatic N) is 1. The van der Waals surface area contributed by atoms with Crippen LogP contribution in [0.2, 0.25) is 0 Å². The molecule has 0 radical (unpaired) electrons. The molecule has 1 unspecified atom stereocenters. The van der Waals surface area contributed by atoms with Crippen molar-refractivity contribution >= 4 is 0 Å². The zero-order chi connectivity index (χ0) is 11.0. The van der Waals surface area contributed by atoms with Crippen molar-refractivity contribution in [2.75, 3.05) is 6.54 Å². The molecule has 3 heteroatoms. The highest BCUT2D eigenvalue weighted by atomic mass is 16.4. The molecule has 82 valence electrons. The van der Waals surface area contributed by atoms with Crippen molar-refractivity contribution in [2.45, 2.75) is 18.8 Å². The molecule has 1 heterocycles. The van der Waals surface area contributed by atoms with Crippen molar-refractivity contribution in [3.05, 3.63) is 53.2 Å². The summed E-state index contributed by atoms with van der Waals surface area (Å²) in [5.41, 5.74) is 8.26. The van der Waals surface area contributed by atoms with Gasteiger partial charge in [-0.15, -0.1) is 0 Å². The molecule has 0 spiro atoms. The van der Waals surface area contributed by atoms with Gasteiger partial charge in [0, 0.05) is 18.9 Å². The molecule has 0 amide bonds. The first-order valence-corrected chi connectivity index (χ1v) is 5.61. The van der Waals surface area contributed by atoms with E-state index in [0.29, 0.717) is 18.9 Å². The quantitative estimate of drug-likeness (QED) is 0.848. The molecule has 3 nitrogen and oxygen atoms in total. The van der Waals surface area contributed by atoms with Gasteiger partial charge in [-0.3, -0.25) is 0 Å². The zero-order valence-electron chi connectivity index (χ0n) is 9.02. The highest BCUT2D eigenvalue weighted by Crippen LogP contribution is 2.39. The Labute approximate surface area is 94.3 Å².